The Hall–Kier alpha value is -2.68. The number of sulfone groups is 1. The highest BCUT2D eigenvalue weighted by Crippen LogP contribution is 2.30. The summed E-state index contributed by atoms with van der Waals surface area (Å²) in [6, 6.07) is 9.48. The number of rotatable bonds is 10. The lowest BCUT2D eigenvalue weighted by molar-refractivity contribution is -0.0435. The first kappa shape index (κ1) is 33.2. The molecular weight excluding hydrogens is 607 g/mol. The number of aryl methyl sites for hydroxylation is 1. The summed E-state index contributed by atoms with van der Waals surface area (Å²) in [5, 5.41) is 2.32. The van der Waals surface area contributed by atoms with Crippen molar-refractivity contribution in [2.75, 3.05) is 55.7 Å². The second-order valence-electron chi connectivity index (χ2n) is 11.2. The number of carbonyl (C=O) groups is 1. The van der Waals surface area contributed by atoms with Crippen LogP contribution >= 0.6 is 11.6 Å². The highest BCUT2D eigenvalue weighted by Gasteiger charge is 2.44. The average molecular weight is 646 g/mol. The Kier molecular flexibility index (Phi) is 10.8. The van der Waals surface area contributed by atoms with Crippen molar-refractivity contribution in [3.8, 4) is 0 Å². The van der Waals surface area contributed by atoms with E-state index in [4.69, 9.17) is 17.3 Å². The molecule has 10 nitrogen and oxygen atoms in total. The predicted molar refractivity (Wildman–Crippen MR) is 161 cm³/mol. The number of anilines is 2. The van der Waals surface area contributed by atoms with Gasteiger partial charge in [0.15, 0.2) is 22.5 Å². The Balaban J connectivity index is 1.31. The van der Waals surface area contributed by atoms with E-state index in [2.05, 4.69) is 63.2 Å². The molecule has 3 N–H and O–H groups in total. The molecule has 4 rings (SSSR count). The van der Waals surface area contributed by atoms with Gasteiger partial charge in [0.05, 0.1) is 5.75 Å². The molecule has 43 heavy (non-hydrogen) atoms. The topological polar surface area (TPSA) is 125 Å². The zero-order valence-electron chi connectivity index (χ0n) is 24.4. The van der Waals surface area contributed by atoms with Crippen LogP contribution in [0.15, 0.2) is 24.3 Å². The monoisotopic (exact) mass is 645 g/mol. The summed E-state index contributed by atoms with van der Waals surface area (Å²) < 4.78 is 59.8. The lowest BCUT2D eigenvalue weighted by Gasteiger charge is -2.47. The molecule has 0 saturated carbocycles. The lowest BCUT2D eigenvalue weighted by Crippen LogP contribution is -2.58. The largest absolute Gasteiger partial charge is 0.497 e. The Morgan fingerprint density at radius 2 is 1.79 bits per heavy atom. The number of benzene rings is 1. The van der Waals surface area contributed by atoms with Crippen molar-refractivity contribution in [2.24, 2.45) is 0 Å². The number of piperazine rings is 1. The van der Waals surface area contributed by atoms with Crippen molar-refractivity contribution in [3.05, 3.63) is 46.2 Å². The Labute approximate surface area is 255 Å². The standard InChI is InChI=1S/C28H39ClF3N7O3S/c1-3-21-18-38(14-15-39(21)22-9-12-37(13-10-22)17-20-7-5-19(2)6-8-20)26-24(29)35-23(25(33)36-26)27(40)34-11-4-16-43(41,42)28(30,31)32/h5-8,21-22H,3-4,9-18H2,1-2H3,(H2,33,36)(H,34,40)/t21-/m0/s1. The molecule has 2 saturated heterocycles. The third kappa shape index (κ3) is 8.28. The van der Waals surface area contributed by atoms with Gasteiger partial charge in [0, 0.05) is 44.8 Å². The molecule has 1 atom stereocenters. The van der Waals surface area contributed by atoms with Gasteiger partial charge >= 0.3 is 5.51 Å². The SMILES string of the molecule is CC[C@H]1CN(c2nc(N)c(C(=O)NCCCS(=O)(=O)C(F)(F)F)nc2Cl)CCN1C1CCN(Cc2ccc(C)cc2)CC1. The maximum absolute atomic E-state index is 12.5. The second kappa shape index (κ2) is 14.0. The number of nitrogens with one attached hydrogen (secondary N) is 1. The van der Waals surface area contributed by atoms with Crippen molar-refractivity contribution < 1.29 is 26.4 Å². The van der Waals surface area contributed by atoms with Crippen LogP contribution < -0.4 is 16.0 Å². The molecule has 1 aromatic carbocycles. The molecule has 2 fully saturated rings. The van der Waals surface area contributed by atoms with E-state index in [9.17, 15) is 26.4 Å². The van der Waals surface area contributed by atoms with Crippen LogP contribution in [0.4, 0.5) is 24.8 Å². The third-order valence-electron chi connectivity index (χ3n) is 8.16. The lowest BCUT2D eigenvalue weighted by atomic mass is 9.98. The van der Waals surface area contributed by atoms with Crippen LogP contribution in [0.25, 0.3) is 0 Å². The molecule has 2 aromatic rings. The number of nitrogens with two attached hydrogens (primary N) is 1. The number of aromatic nitrogens is 2. The fraction of sp³-hybridized carbons (Fsp3) is 0.607. The molecule has 2 aliphatic heterocycles. The highest BCUT2D eigenvalue weighted by atomic mass is 35.5. The smallest absolute Gasteiger partial charge is 0.382 e. The summed E-state index contributed by atoms with van der Waals surface area (Å²) in [6.45, 7) is 9.14. The minimum Gasteiger partial charge on any atom is -0.382 e. The zero-order valence-corrected chi connectivity index (χ0v) is 26.0. The van der Waals surface area contributed by atoms with Crippen LogP contribution in [0.3, 0.4) is 0 Å². The first-order chi connectivity index (χ1) is 20.3. The van der Waals surface area contributed by atoms with Crippen molar-refractivity contribution in [1.29, 1.82) is 0 Å². The van der Waals surface area contributed by atoms with E-state index in [0.717, 1.165) is 45.4 Å². The molecule has 2 aliphatic rings. The van der Waals surface area contributed by atoms with E-state index in [0.29, 0.717) is 24.9 Å². The number of likely N-dealkylation sites (tertiary alicyclic amines) is 1. The number of carbonyl (C=O) groups excluding carboxylic acids is 1. The van der Waals surface area contributed by atoms with Gasteiger partial charge in [0.25, 0.3) is 5.91 Å². The number of halogens is 4. The Morgan fingerprint density at radius 1 is 1.12 bits per heavy atom. The normalized spacial score (nSPS) is 19.5. The molecule has 0 bridgehead atoms. The van der Waals surface area contributed by atoms with Gasteiger partial charge in [-0.15, -0.1) is 0 Å². The van der Waals surface area contributed by atoms with E-state index in [1.807, 2.05) is 4.90 Å². The summed E-state index contributed by atoms with van der Waals surface area (Å²) in [6.07, 6.45) is 2.70. The number of nitrogens with zero attached hydrogens (tertiary/aromatic N) is 5. The number of hydrogen-bond acceptors (Lipinski definition) is 9. The van der Waals surface area contributed by atoms with Gasteiger partial charge in [-0.25, -0.2) is 18.4 Å². The van der Waals surface area contributed by atoms with Crippen molar-refractivity contribution in [1.82, 2.24) is 25.1 Å². The molecule has 3 heterocycles. The molecular formula is C28H39ClF3N7O3S. The van der Waals surface area contributed by atoms with Crippen LogP contribution in [0.5, 0.6) is 0 Å². The summed E-state index contributed by atoms with van der Waals surface area (Å²) in [5.41, 5.74) is 3.03. The van der Waals surface area contributed by atoms with Crippen molar-refractivity contribution >= 4 is 39.0 Å². The highest BCUT2D eigenvalue weighted by molar-refractivity contribution is 7.92. The van der Waals surface area contributed by atoms with E-state index < -0.39 is 33.4 Å². The molecule has 15 heteroatoms. The van der Waals surface area contributed by atoms with Gasteiger partial charge < -0.3 is 16.0 Å². The summed E-state index contributed by atoms with van der Waals surface area (Å²) in [7, 11) is -5.26. The predicted octanol–water partition coefficient (Wildman–Crippen LogP) is 3.64. The minimum absolute atomic E-state index is 0.00767. The average Bonchev–Trinajstić information content (AvgIpc) is 2.97. The zero-order chi connectivity index (χ0) is 31.4. The van der Waals surface area contributed by atoms with Gasteiger partial charge in [-0.2, -0.15) is 13.2 Å². The van der Waals surface area contributed by atoms with Gasteiger partial charge in [-0.05, 0) is 51.3 Å². The van der Waals surface area contributed by atoms with Gasteiger partial charge in [0.1, 0.15) is 0 Å². The molecule has 0 spiro atoms. The molecule has 0 radical (unpaired) electrons. The van der Waals surface area contributed by atoms with Crippen LogP contribution in [-0.4, -0.2) is 96.7 Å². The Bertz CT molecular complexity index is 1370. The number of piperidine rings is 1. The fourth-order valence-corrected chi connectivity index (χ4v) is 6.72. The van der Waals surface area contributed by atoms with E-state index in [1.54, 1.807) is 0 Å². The van der Waals surface area contributed by atoms with E-state index in [-0.39, 0.29) is 29.3 Å². The van der Waals surface area contributed by atoms with Gasteiger partial charge in [-0.3, -0.25) is 14.6 Å². The van der Waals surface area contributed by atoms with Crippen molar-refractivity contribution in [2.45, 2.75) is 63.7 Å². The maximum atomic E-state index is 12.5. The summed E-state index contributed by atoms with van der Waals surface area (Å²) in [4.78, 5) is 28.1. The minimum atomic E-state index is -5.34. The number of alkyl halides is 3. The summed E-state index contributed by atoms with van der Waals surface area (Å²) >= 11 is 6.44. The Morgan fingerprint density at radius 3 is 2.42 bits per heavy atom. The van der Waals surface area contributed by atoms with Gasteiger partial charge in [-0.1, -0.05) is 48.4 Å². The van der Waals surface area contributed by atoms with Crippen LogP contribution in [0.2, 0.25) is 5.15 Å². The molecule has 238 valence electrons. The third-order valence-corrected chi connectivity index (χ3v) is 9.94. The number of hydrogen-bond donors (Lipinski definition) is 2. The van der Waals surface area contributed by atoms with Crippen molar-refractivity contribution in [3.63, 3.8) is 0 Å². The van der Waals surface area contributed by atoms with E-state index >= 15 is 0 Å². The first-order valence-corrected chi connectivity index (χ1v) is 16.5. The molecule has 1 aromatic heterocycles. The van der Waals surface area contributed by atoms with E-state index in [1.165, 1.54) is 11.1 Å². The second-order valence-corrected chi connectivity index (χ2v) is 13.6. The van der Waals surface area contributed by atoms with Crippen LogP contribution in [-0.2, 0) is 16.4 Å². The quantitative estimate of drug-likeness (QED) is 0.373. The van der Waals surface area contributed by atoms with Crippen LogP contribution in [0.1, 0.15) is 54.2 Å². The molecule has 0 unspecified atom stereocenters. The molecule has 1 amide bonds. The number of amides is 1. The molecule has 0 aliphatic carbocycles. The maximum Gasteiger partial charge on any atom is 0.497 e. The first-order valence-electron chi connectivity index (χ1n) is 14.5. The van der Waals surface area contributed by atoms with Gasteiger partial charge in [0.2, 0.25) is 9.84 Å². The summed E-state index contributed by atoms with van der Waals surface area (Å²) in [5.74, 6) is -1.74. The fourth-order valence-electron chi connectivity index (χ4n) is 5.72. The van der Waals surface area contributed by atoms with Crippen LogP contribution in [0, 0.1) is 6.92 Å². The number of nitrogen functional groups attached to an aromatic ring is 1.